The Morgan fingerprint density at radius 1 is 1.18 bits per heavy atom. The van der Waals surface area contributed by atoms with E-state index in [0.717, 1.165) is 29.3 Å². The number of hydrogen-bond donors (Lipinski definition) is 1. The lowest BCUT2D eigenvalue weighted by molar-refractivity contribution is 0.103. The number of rotatable bonds is 2. The molecule has 1 aliphatic carbocycles. The zero-order valence-corrected chi connectivity index (χ0v) is 11.3. The molecule has 0 spiro atoms. The Hall–Kier alpha value is -1.09. The normalized spacial score (nSPS) is 16.2. The summed E-state index contributed by atoms with van der Waals surface area (Å²) < 4.78 is 0.857. The van der Waals surface area contributed by atoms with E-state index >= 15 is 0 Å². The first-order valence-electron chi connectivity index (χ1n) is 5.96. The third kappa shape index (κ3) is 3.19. The van der Waals surface area contributed by atoms with Crippen molar-refractivity contribution in [2.45, 2.75) is 32.1 Å². The number of allylic oxidation sites excluding steroid dienone is 2. The molecule has 0 amide bonds. The third-order valence-electron chi connectivity index (χ3n) is 3.01. The van der Waals surface area contributed by atoms with E-state index in [1.165, 1.54) is 12.8 Å². The van der Waals surface area contributed by atoms with Gasteiger partial charge in [-0.05, 0) is 49.5 Å². The van der Waals surface area contributed by atoms with Gasteiger partial charge >= 0.3 is 0 Å². The molecule has 0 bridgehead atoms. The SMILES string of the molecule is Nc1cc(Br)cc(C(=O)C2=CCCCCC2)c1. The Labute approximate surface area is 110 Å². The first-order chi connectivity index (χ1) is 8.16. The number of nitrogen functional groups attached to an aromatic ring is 1. The molecule has 0 fully saturated rings. The smallest absolute Gasteiger partial charge is 0.188 e. The number of anilines is 1. The van der Waals surface area contributed by atoms with Crippen LogP contribution in [0.5, 0.6) is 0 Å². The fourth-order valence-corrected chi connectivity index (χ4v) is 2.66. The maximum Gasteiger partial charge on any atom is 0.188 e. The molecule has 2 rings (SSSR count). The zero-order chi connectivity index (χ0) is 12.3. The number of hydrogen-bond acceptors (Lipinski definition) is 2. The van der Waals surface area contributed by atoms with Crippen molar-refractivity contribution >= 4 is 27.4 Å². The Bertz CT molecular complexity index is 445. The van der Waals surface area contributed by atoms with Crippen LogP contribution in [-0.4, -0.2) is 5.78 Å². The van der Waals surface area contributed by atoms with E-state index in [9.17, 15) is 4.79 Å². The Morgan fingerprint density at radius 3 is 2.76 bits per heavy atom. The standard InChI is InChI=1S/C14H16BrNO/c15-12-7-11(8-13(16)9-12)14(17)10-5-3-1-2-4-6-10/h5,7-9H,1-4,6,16H2. The fraction of sp³-hybridized carbons (Fsp3) is 0.357. The van der Waals surface area contributed by atoms with E-state index in [4.69, 9.17) is 5.73 Å². The molecule has 0 heterocycles. The van der Waals surface area contributed by atoms with Crippen molar-refractivity contribution < 1.29 is 4.79 Å². The molecular formula is C14H16BrNO. The first-order valence-corrected chi connectivity index (χ1v) is 6.76. The van der Waals surface area contributed by atoms with Crippen molar-refractivity contribution in [3.63, 3.8) is 0 Å². The molecule has 2 nitrogen and oxygen atoms in total. The number of halogens is 1. The van der Waals surface area contributed by atoms with E-state index in [-0.39, 0.29) is 5.78 Å². The number of ketones is 1. The maximum atomic E-state index is 12.3. The number of carbonyl (C=O) groups excluding carboxylic acids is 1. The number of nitrogens with two attached hydrogens (primary N) is 1. The van der Waals surface area contributed by atoms with Gasteiger partial charge in [-0.3, -0.25) is 4.79 Å². The molecule has 1 aromatic carbocycles. The summed E-state index contributed by atoms with van der Waals surface area (Å²) >= 11 is 3.37. The molecule has 17 heavy (non-hydrogen) atoms. The Balaban J connectivity index is 2.26. The van der Waals surface area contributed by atoms with Gasteiger partial charge in [0.2, 0.25) is 0 Å². The topological polar surface area (TPSA) is 43.1 Å². The molecule has 0 radical (unpaired) electrons. The van der Waals surface area contributed by atoms with Crippen molar-refractivity contribution in [2.75, 3.05) is 5.73 Å². The van der Waals surface area contributed by atoms with Crippen LogP contribution in [0.4, 0.5) is 5.69 Å². The van der Waals surface area contributed by atoms with Gasteiger partial charge in [-0.1, -0.05) is 28.4 Å². The van der Waals surface area contributed by atoms with E-state index < -0.39 is 0 Å². The van der Waals surface area contributed by atoms with Gasteiger partial charge < -0.3 is 5.73 Å². The number of Topliss-reactive ketones (excluding diaryl/α,β-unsaturated/α-hetero) is 1. The van der Waals surface area contributed by atoms with Gasteiger partial charge in [0.15, 0.2) is 5.78 Å². The molecule has 0 aliphatic heterocycles. The lowest BCUT2D eigenvalue weighted by Crippen LogP contribution is -2.04. The van der Waals surface area contributed by atoms with E-state index in [1.807, 2.05) is 6.07 Å². The van der Waals surface area contributed by atoms with Crippen LogP contribution in [0.1, 0.15) is 42.5 Å². The minimum absolute atomic E-state index is 0.125. The molecule has 0 unspecified atom stereocenters. The van der Waals surface area contributed by atoms with Crippen LogP contribution >= 0.6 is 15.9 Å². The van der Waals surface area contributed by atoms with Gasteiger partial charge in [-0.25, -0.2) is 0 Å². The number of benzene rings is 1. The van der Waals surface area contributed by atoms with Gasteiger partial charge in [-0.15, -0.1) is 0 Å². The molecule has 1 aliphatic rings. The second kappa shape index (κ2) is 5.50. The van der Waals surface area contributed by atoms with Crippen molar-refractivity contribution in [1.29, 1.82) is 0 Å². The van der Waals surface area contributed by atoms with E-state index in [2.05, 4.69) is 22.0 Å². The summed E-state index contributed by atoms with van der Waals surface area (Å²) in [7, 11) is 0. The predicted octanol–water partition coefficient (Wildman–Crippen LogP) is 4.10. The Morgan fingerprint density at radius 2 is 2.00 bits per heavy atom. The van der Waals surface area contributed by atoms with Crippen LogP contribution in [0.3, 0.4) is 0 Å². The van der Waals surface area contributed by atoms with Gasteiger partial charge in [0.05, 0.1) is 0 Å². The van der Waals surface area contributed by atoms with Gasteiger partial charge in [0.1, 0.15) is 0 Å². The van der Waals surface area contributed by atoms with Gasteiger partial charge in [0.25, 0.3) is 0 Å². The minimum Gasteiger partial charge on any atom is -0.399 e. The lowest BCUT2D eigenvalue weighted by atomic mass is 9.99. The molecule has 1 aromatic rings. The summed E-state index contributed by atoms with van der Waals surface area (Å²) in [6.07, 6.45) is 7.52. The average molecular weight is 294 g/mol. The summed E-state index contributed by atoms with van der Waals surface area (Å²) in [5.74, 6) is 0.125. The van der Waals surface area contributed by atoms with Crippen LogP contribution in [0, 0.1) is 0 Å². The summed E-state index contributed by atoms with van der Waals surface area (Å²) in [5.41, 5.74) is 8.01. The van der Waals surface area contributed by atoms with Crippen molar-refractivity contribution in [3.05, 3.63) is 39.9 Å². The summed E-state index contributed by atoms with van der Waals surface area (Å²) in [5, 5.41) is 0. The van der Waals surface area contributed by atoms with Crippen LogP contribution < -0.4 is 5.73 Å². The zero-order valence-electron chi connectivity index (χ0n) is 9.71. The van der Waals surface area contributed by atoms with Crippen LogP contribution in [0.15, 0.2) is 34.3 Å². The lowest BCUT2D eigenvalue weighted by Gasteiger charge is -2.06. The second-order valence-corrected chi connectivity index (χ2v) is 5.35. The monoisotopic (exact) mass is 293 g/mol. The van der Waals surface area contributed by atoms with Crippen LogP contribution in [-0.2, 0) is 0 Å². The third-order valence-corrected chi connectivity index (χ3v) is 3.47. The quantitative estimate of drug-likeness (QED) is 0.659. The molecule has 0 atom stereocenters. The minimum atomic E-state index is 0.125. The second-order valence-electron chi connectivity index (χ2n) is 4.43. The van der Waals surface area contributed by atoms with Gasteiger partial charge in [0, 0.05) is 15.7 Å². The molecule has 3 heteroatoms. The molecule has 0 saturated heterocycles. The van der Waals surface area contributed by atoms with E-state index in [1.54, 1.807) is 12.1 Å². The van der Waals surface area contributed by atoms with Crippen LogP contribution in [0.2, 0.25) is 0 Å². The molecule has 90 valence electrons. The predicted molar refractivity (Wildman–Crippen MR) is 74.1 cm³/mol. The van der Waals surface area contributed by atoms with Gasteiger partial charge in [-0.2, -0.15) is 0 Å². The molecule has 2 N–H and O–H groups in total. The molecular weight excluding hydrogens is 278 g/mol. The first kappa shape index (κ1) is 12.4. The summed E-state index contributed by atoms with van der Waals surface area (Å²) in [6, 6.07) is 5.39. The van der Waals surface area contributed by atoms with Crippen molar-refractivity contribution in [3.8, 4) is 0 Å². The fourth-order valence-electron chi connectivity index (χ4n) is 2.15. The largest absolute Gasteiger partial charge is 0.399 e. The summed E-state index contributed by atoms with van der Waals surface area (Å²) in [4.78, 5) is 12.3. The highest BCUT2D eigenvalue weighted by atomic mass is 79.9. The Kier molecular flexibility index (Phi) is 4.00. The molecule has 0 saturated carbocycles. The number of carbonyl (C=O) groups is 1. The van der Waals surface area contributed by atoms with Crippen molar-refractivity contribution in [2.24, 2.45) is 0 Å². The highest BCUT2D eigenvalue weighted by Gasteiger charge is 2.14. The van der Waals surface area contributed by atoms with Crippen LogP contribution in [0.25, 0.3) is 0 Å². The summed E-state index contributed by atoms with van der Waals surface area (Å²) in [6.45, 7) is 0. The highest BCUT2D eigenvalue weighted by Crippen LogP contribution is 2.24. The highest BCUT2D eigenvalue weighted by molar-refractivity contribution is 9.10. The van der Waals surface area contributed by atoms with E-state index in [0.29, 0.717) is 11.3 Å². The maximum absolute atomic E-state index is 12.3. The average Bonchev–Trinajstić information content (AvgIpc) is 2.55. The molecule has 0 aromatic heterocycles. The van der Waals surface area contributed by atoms with Crippen molar-refractivity contribution in [1.82, 2.24) is 0 Å².